The van der Waals surface area contributed by atoms with Crippen LogP contribution in [0, 0.1) is 0 Å². The van der Waals surface area contributed by atoms with E-state index in [4.69, 9.17) is 19.4 Å². The van der Waals surface area contributed by atoms with Crippen molar-refractivity contribution in [1.82, 2.24) is 19.5 Å². The van der Waals surface area contributed by atoms with Gasteiger partial charge in [-0.15, -0.1) is 0 Å². The Morgan fingerprint density at radius 3 is 1.80 bits per heavy atom. The second-order valence-corrected chi connectivity index (χ2v) is 14.4. The van der Waals surface area contributed by atoms with Crippen LogP contribution in [0.3, 0.4) is 0 Å². The Balaban J connectivity index is 1.15. The molecule has 260 valence electrons. The summed E-state index contributed by atoms with van der Waals surface area (Å²) in [4.78, 5) is 15.5. The first kappa shape index (κ1) is 30.8. The van der Waals surface area contributed by atoms with E-state index in [1.165, 1.54) is 37.7 Å². The first-order valence-electron chi connectivity index (χ1n) is 18.8. The second kappa shape index (κ2) is 11.9. The Labute approximate surface area is 320 Å². The van der Waals surface area contributed by atoms with Gasteiger partial charge in [-0.3, -0.25) is 0 Å². The molecule has 12 aromatic rings. The van der Waals surface area contributed by atoms with Gasteiger partial charge >= 0.3 is 0 Å². The van der Waals surface area contributed by atoms with Gasteiger partial charge in [-0.1, -0.05) is 140 Å². The largest absolute Gasteiger partial charge is 0.456 e. The molecule has 0 amide bonds. The van der Waals surface area contributed by atoms with Gasteiger partial charge in [0, 0.05) is 32.8 Å². The molecular weight excluding hydrogens is 685 g/mol. The molecule has 0 saturated carbocycles. The van der Waals surface area contributed by atoms with Gasteiger partial charge < -0.3 is 8.98 Å². The molecule has 0 aliphatic carbocycles. The summed E-state index contributed by atoms with van der Waals surface area (Å²) >= 11 is 0. The van der Waals surface area contributed by atoms with Crippen LogP contribution in [-0.2, 0) is 0 Å². The number of aromatic nitrogens is 4. The maximum Gasteiger partial charge on any atom is 0.164 e. The lowest BCUT2D eigenvalue weighted by atomic mass is 10.00. The summed E-state index contributed by atoms with van der Waals surface area (Å²) in [6.45, 7) is 0. The molecule has 0 radical (unpaired) electrons. The maximum absolute atomic E-state index is 6.68. The normalized spacial score (nSPS) is 11.9. The van der Waals surface area contributed by atoms with Gasteiger partial charge in [0.1, 0.15) is 11.2 Å². The number of hydrogen-bond acceptors (Lipinski definition) is 4. The predicted molar refractivity (Wildman–Crippen MR) is 230 cm³/mol. The minimum absolute atomic E-state index is 0.572. The molecule has 12 rings (SSSR count). The fourth-order valence-corrected chi connectivity index (χ4v) is 8.56. The maximum atomic E-state index is 6.68. The minimum Gasteiger partial charge on any atom is -0.456 e. The van der Waals surface area contributed by atoms with E-state index in [-0.39, 0.29) is 0 Å². The van der Waals surface area contributed by atoms with Crippen LogP contribution in [0.15, 0.2) is 186 Å². The van der Waals surface area contributed by atoms with Crippen LogP contribution in [0.2, 0.25) is 0 Å². The predicted octanol–water partition coefficient (Wildman–Crippen LogP) is 13.3. The van der Waals surface area contributed by atoms with E-state index in [0.29, 0.717) is 17.5 Å². The lowest BCUT2D eigenvalue weighted by Crippen LogP contribution is -2.01. The van der Waals surface area contributed by atoms with Gasteiger partial charge in [0.25, 0.3) is 0 Å². The highest BCUT2D eigenvalue weighted by Gasteiger charge is 2.22. The zero-order valence-corrected chi connectivity index (χ0v) is 30.0. The molecule has 0 unspecified atom stereocenters. The average molecular weight is 715 g/mol. The monoisotopic (exact) mass is 714 g/mol. The van der Waals surface area contributed by atoms with Crippen molar-refractivity contribution in [2.24, 2.45) is 0 Å². The number of nitrogens with zero attached hydrogens (tertiary/aromatic N) is 4. The smallest absolute Gasteiger partial charge is 0.164 e. The Kier molecular flexibility index (Phi) is 6.56. The number of benzene rings is 9. The van der Waals surface area contributed by atoms with Crippen LogP contribution in [0.1, 0.15) is 0 Å². The van der Waals surface area contributed by atoms with Crippen molar-refractivity contribution in [2.75, 3.05) is 0 Å². The Morgan fingerprint density at radius 2 is 0.964 bits per heavy atom. The van der Waals surface area contributed by atoms with Crippen LogP contribution in [0.4, 0.5) is 0 Å². The lowest BCUT2D eigenvalue weighted by Gasteiger charge is -2.13. The summed E-state index contributed by atoms with van der Waals surface area (Å²) in [5.74, 6) is 1.79. The third-order valence-electron chi connectivity index (χ3n) is 11.2. The third-order valence-corrected chi connectivity index (χ3v) is 11.2. The van der Waals surface area contributed by atoms with Crippen molar-refractivity contribution in [3.05, 3.63) is 182 Å². The summed E-state index contributed by atoms with van der Waals surface area (Å²) in [5, 5.41) is 11.7. The van der Waals surface area contributed by atoms with Crippen molar-refractivity contribution in [3.8, 4) is 39.9 Å². The van der Waals surface area contributed by atoms with E-state index in [1.807, 2.05) is 42.5 Å². The second-order valence-electron chi connectivity index (χ2n) is 14.4. The van der Waals surface area contributed by atoms with Gasteiger partial charge in [0.2, 0.25) is 0 Å². The first-order valence-corrected chi connectivity index (χ1v) is 18.8. The molecule has 0 N–H and O–H groups in total. The molecule has 0 aliphatic rings. The fraction of sp³-hybridized carbons (Fsp3) is 0. The number of rotatable bonds is 4. The fourth-order valence-electron chi connectivity index (χ4n) is 8.56. The van der Waals surface area contributed by atoms with Crippen molar-refractivity contribution in [1.29, 1.82) is 0 Å². The quantitative estimate of drug-likeness (QED) is 0.170. The van der Waals surface area contributed by atoms with Gasteiger partial charge in [0.05, 0.1) is 22.1 Å². The highest BCUT2D eigenvalue weighted by Crippen LogP contribution is 2.42. The van der Waals surface area contributed by atoms with E-state index in [9.17, 15) is 0 Å². The van der Waals surface area contributed by atoms with E-state index in [2.05, 4.69) is 144 Å². The average Bonchev–Trinajstić information content (AvgIpc) is 3.80. The van der Waals surface area contributed by atoms with Crippen LogP contribution in [0.5, 0.6) is 0 Å². The summed E-state index contributed by atoms with van der Waals surface area (Å²) < 4.78 is 9.06. The van der Waals surface area contributed by atoms with Gasteiger partial charge in [-0.2, -0.15) is 0 Å². The molecule has 5 nitrogen and oxygen atoms in total. The molecule has 56 heavy (non-hydrogen) atoms. The zero-order chi connectivity index (χ0) is 36.7. The minimum atomic E-state index is 0.572. The molecule has 0 aliphatic heterocycles. The standard InChI is InChI=1S/C51H30N4O/c1-2-13-32(14-3-1)49-52-50(36-24-25-39-35(26-36)23-22-31-12-6-7-17-38(31)39)54-51(53-49)37-29-45(48-41-19-9-11-21-46(41)56-47(48)30-37)55-43-20-10-8-18-40(43)42-27-33-15-4-5-16-34(33)28-44(42)55/h1-30H. The van der Waals surface area contributed by atoms with E-state index in [0.717, 1.165) is 60.7 Å². The number of hydrogen-bond donors (Lipinski definition) is 0. The lowest BCUT2D eigenvalue weighted by molar-refractivity contribution is 0.669. The molecule has 9 aromatic carbocycles. The van der Waals surface area contributed by atoms with Crippen LogP contribution in [-0.4, -0.2) is 19.5 Å². The number of furan rings is 1. The third kappa shape index (κ3) is 4.71. The topological polar surface area (TPSA) is 56.7 Å². The molecule has 5 heteroatoms. The van der Waals surface area contributed by atoms with E-state index >= 15 is 0 Å². The van der Waals surface area contributed by atoms with Gasteiger partial charge in [-0.05, 0) is 74.8 Å². The molecule has 3 aromatic heterocycles. The van der Waals surface area contributed by atoms with E-state index < -0.39 is 0 Å². The van der Waals surface area contributed by atoms with Crippen molar-refractivity contribution in [2.45, 2.75) is 0 Å². The highest BCUT2D eigenvalue weighted by molar-refractivity contribution is 6.17. The molecule has 0 atom stereocenters. The summed E-state index contributed by atoms with van der Waals surface area (Å²) in [6.07, 6.45) is 0. The van der Waals surface area contributed by atoms with Gasteiger partial charge in [-0.25, -0.2) is 15.0 Å². The Bertz CT molecular complexity index is 3540. The molecule has 0 fully saturated rings. The number of para-hydroxylation sites is 2. The zero-order valence-electron chi connectivity index (χ0n) is 30.0. The Hall–Kier alpha value is -7.63. The van der Waals surface area contributed by atoms with Crippen molar-refractivity contribution in [3.63, 3.8) is 0 Å². The first-order chi connectivity index (χ1) is 27.7. The Morgan fingerprint density at radius 1 is 0.339 bits per heavy atom. The van der Waals surface area contributed by atoms with Crippen LogP contribution < -0.4 is 0 Å². The highest BCUT2D eigenvalue weighted by atomic mass is 16.3. The van der Waals surface area contributed by atoms with Gasteiger partial charge in [0.15, 0.2) is 17.5 Å². The molecule has 0 bridgehead atoms. The molecule has 3 heterocycles. The van der Waals surface area contributed by atoms with Crippen LogP contribution in [0.25, 0.3) is 116 Å². The molecule has 0 spiro atoms. The SMILES string of the molecule is c1ccc(-c2nc(-c3ccc4c(ccc5ccccc54)c3)nc(-c3cc(-n4c5ccccc5c5cc6ccccc6cc54)c4c(c3)oc3ccccc34)n2)cc1. The molecular formula is C51H30N4O. The summed E-state index contributed by atoms with van der Waals surface area (Å²) in [7, 11) is 0. The summed E-state index contributed by atoms with van der Waals surface area (Å²) in [5.41, 5.74) is 7.53. The summed E-state index contributed by atoms with van der Waals surface area (Å²) in [6, 6.07) is 63.9. The van der Waals surface area contributed by atoms with E-state index in [1.54, 1.807) is 0 Å². The van der Waals surface area contributed by atoms with Crippen molar-refractivity contribution >= 4 is 76.1 Å². The van der Waals surface area contributed by atoms with Crippen molar-refractivity contribution < 1.29 is 4.42 Å². The molecule has 0 saturated heterocycles. The number of fused-ring (bicyclic) bond motifs is 10. The van der Waals surface area contributed by atoms with Crippen LogP contribution >= 0.6 is 0 Å².